The number of benzene rings is 1. The number of carbonyl (C=O) groups excluding carboxylic acids is 1. The lowest BCUT2D eigenvalue weighted by Crippen LogP contribution is -2.33. The number of carbonyl (C=O) groups is 2. The first-order valence-corrected chi connectivity index (χ1v) is 13.2. The average Bonchev–Trinajstić information content (AvgIpc) is 3.15. The Bertz CT molecular complexity index is 1040. The maximum Gasteiger partial charge on any atom is 0.303 e. The smallest absolute Gasteiger partial charge is 0.303 e. The zero-order chi connectivity index (χ0) is 26.5. The van der Waals surface area contributed by atoms with Crippen molar-refractivity contribution in [2.24, 2.45) is 28.2 Å². The van der Waals surface area contributed by atoms with Crippen LogP contribution < -0.4 is 0 Å². The minimum absolute atomic E-state index is 0.00654. The van der Waals surface area contributed by atoms with Crippen LogP contribution in [0.2, 0.25) is 0 Å². The Kier molecular flexibility index (Phi) is 9.29. The number of aliphatic hydroxyl groups is 2. The molecule has 1 aromatic rings. The van der Waals surface area contributed by atoms with Gasteiger partial charge in [-0.3, -0.25) is 14.6 Å². The highest BCUT2D eigenvalue weighted by molar-refractivity contribution is 5.99. The van der Waals surface area contributed by atoms with Crippen molar-refractivity contribution in [2.75, 3.05) is 0 Å². The molecule has 0 fully saturated rings. The van der Waals surface area contributed by atoms with Gasteiger partial charge in [0.05, 0.1) is 17.4 Å². The van der Waals surface area contributed by atoms with Crippen LogP contribution in [-0.4, -0.2) is 38.9 Å². The van der Waals surface area contributed by atoms with Gasteiger partial charge in [0.15, 0.2) is 5.78 Å². The first kappa shape index (κ1) is 27.9. The maximum atomic E-state index is 13.4. The molecule has 3 N–H and O–H groups in total. The number of unbranched alkanes of at least 4 members (excludes halogenated alkanes) is 1. The minimum atomic E-state index is -1.06. The molecule has 6 heteroatoms. The van der Waals surface area contributed by atoms with E-state index in [1.54, 1.807) is 0 Å². The van der Waals surface area contributed by atoms with Crippen LogP contribution in [0.4, 0.5) is 0 Å². The zero-order valence-electron chi connectivity index (χ0n) is 22.0. The Morgan fingerprint density at radius 3 is 2.56 bits per heavy atom. The van der Waals surface area contributed by atoms with Crippen molar-refractivity contribution in [3.8, 4) is 0 Å². The molecule has 196 valence electrons. The molecule has 0 aromatic heterocycles. The number of carboxylic acids is 1. The van der Waals surface area contributed by atoms with Crippen molar-refractivity contribution in [2.45, 2.75) is 85.2 Å². The molecular weight excluding hydrogens is 454 g/mol. The Labute approximate surface area is 214 Å². The predicted octanol–water partition coefficient (Wildman–Crippen LogP) is 6.36. The van der Waals surface area contributed by atoms with Gasteiger partial charge >= 0.3 is 5.97 Å². The number of hydrogen-bond acceptors (Lipinski definition) is 5. The molecule has 4 unspecified atom stereocenters. The van der Waals surface area contributed by atoms with Crippen LogP contribution in [0, 0.1) is 23.2 Å². The van der Waals surface area contributed by atoms with Crippen LogP contribution in [0.15, 0.2) is 52.7 Å². The molecule has 1 aromatic carbocycles. The highest BCUT2D eigenvalue weighted by atomic mass is 16.4. The van der Waals surface area contributed by atoms with Gasteiger partial charge < -0.3 is 15.3 Å². The average molecular weight is 496 g/mol. The number of ketones is 1. The van der Waals surface area contributed by atoms with Crippen LogP contribution in [0.1, 0.15) is 84.6 Å². The second-order valence-electron chi connectivity index (χ2n) is 11.5. The summed E-state index contributed by atoms with van der Waals surface area (Å²) in [5, 5.41) is 30.8. The third-order valence-corrected chi connectivity index (χ3v) is 7.47. The molecule has 0 bridgehead atoms. The first-order valence-electron chi connectivity index (χ1n) is 13.2. The lowest BCUT2D eigenvalue weighted by Gasteiger charge is -2.34. The quantitative estimate of drug-likeness (QED) is 0.328. The molecule has 1 aliphatic heterocycles. The summed E-state index contributed by atoms with van der Waals surface area (Å²) >= 11 is 0. The Morgan fingerprint density at radius 1 is 1.19 bits per heavy atom. The number of hydrogen-bond donors (Lipinski definition) is 3. The molecule has 0 spiro atoms. The van der Waals surface area contributed by atoms with Gasteiger partial charge in [-0.05, 0) is 54.6 Å². The number of aliphatic imine (C=N–C) groups is 1. The molecule has 0 radical (unpaired) electrons. The first-order chi connectivity index (χ1) is 17.0. The predicted molar refractivity (Wildman–Crippen MR) is 143 cm³/mol. The van der Waals surface area contributed by atoms with Crippen molar-refractivity contribution in [1.29, 1.82) is 0 Å². The number of allylic oxidation sites excluding steroid dienone is 2. The van der Waals surface area contributed by atoms with E-state index in [-0.39, 0.29) is 53.1 Å². The van der Waals surface area contributed by atoms with Gasteiger partial charge in [0.2, 0.25) is 0 Å². The summed E-state index contributed by atoms with van der Waals surface area (Å²) in [5.41, 5.74) is 3.04. The molecule has 1 heterocycles. The second-order valence-corrected chi connectivity index (χ2v) is 11.5. The number of aliphatic hydroxyl groups excluding tert-OH is 2. The maximum absolute atomic E-state index is 13.4. The number of rotatable bonds is 10. The van der Waals surface area contributed by atoms with Crippen molar-refractivity contribution in [3.63, 3.8) is 0 Å². The summed E-state index contributed by atoms with van der Waals surface area (Å²) in [6, 6.07) is 10.1. The van der Waals surface area contributed by atoms with Crippen LogP contribution in [0.25, 0.3) is 5.70 Å². The largest absolute Gasteiger partial charge is 0.512 e. The van der Waals surface area contributed by atoms with E-state index in [2.05, 4.69) is 39.0 Å². The van der Waals surface area contributed by atoms with Crippen LogP contribution in [-0.2, 0) is 9.59 Å². The topological polar surface area (TPSA) is 107 Å². The van der Waals surface area contributed by atoms with E-state index in [9.17, 15) is 19.8 Å². The molecule has 0 saturated heterocycles. The van der Waals surface area contributed by atoms with E-state index in [1.165, 1.54) is 0 Å². The number of Topliss-reactive ketones (excluding diaryl/α,β-unsaturated/α-hetero) is 1. The molecule has 36 heavy (non-hydrogen) atoms. The fourth-order valence-corrected chi connectivity index (χ4v) is 5.60. The van der Waals surface area contributed by atoms with E-state index in [4.69, 9.17) is 10.1 Å². The van der Waals surface area contributed by atoms with Gasteiger partial charge in [-0.2, -0.15) is 0 Å². The summed E-state index contributed by atoms with van der Waals surface area (Å²) in [5.74, 6) is -1.02. The summed E-state index contributed by atoms with van der Waals surface area (Å²) < 4.78 is 0. The van der Waals surface area contributed by atoms with Crippen LogP contribution in [0.3, 0.4) is 0 Å². The van der Waals surface area contributed by atoms with Gasteiger partial charge in [0, 0.05) is 30.9 Å². The summed E-state index contributed by atoms with van der Waals surface area (Å²) in [6.45, 7) is 8.18. The van der Waals surface area contributed by atoms with Crippen molar-refractivity contribution in [3.05, 3.63) is 53.3 Å². The number of nitrogens with zero attached hydrogens (tertiary/aromatic N) is 1. The Hall–Kier alpha value is -2.73. The van der Waals surface area contributed by atoms with Crippen molar-refractivity contribution in [1.82, 2.24) is 0 Å². The third kappa shape index (κ3) is 7.39. The van der Waals surface area contributed by atoms with E-state index >= 15 is 0 Å². The highest BCUT2D eigenvalue weighted by Crippen LogP contribution is 2.41. The lowest BCUT2D eigenvalue weighted by molar-refractivity contribution is -0.137. The standard InChI is InChI=1S/C30H41NO5/c1-19(10-8-9-13-27(34)35)29(36)28-25(32)16-21(17-30(3,4)18-26(28)33)15-23-20(2)14-24(31-23)22-11-6-5-7-12-22/h5-7,11-12,14,19-21,29,33,36H,8-10,13,15-18H2,1-4H3,(H,34,35)/b28-26-. The molecule has 6 nitrogen and oxygen atoms in total. The van der Waals surface area contributed by atoms with E-state index < -0.39 is 12.1 Å². The molecule has 0 amide bonds. The zero-order valence-corrected chi connectivity index (χ0v) is 22.0. The third-order valence-electron chi connectivity index (χ3n) is 7.47. The van der Waals surface area contributed by atoms with E-state index in [0.29, 0.717) is 32.1 Å². The second kappa shape index (κ2) is 12.0. The van der Waals surface area contributed by atoms with Gasteiger partial charge in [-0.1, -0.05) is 64.4 Å². The van der Waals surface area contributed by atoms with E-state index in [1.807, 2.05) is 25.1 Å². The minimum Gasteiger partial charge on any atom is -0.512 e. The molecule has 1 aliphatic carbocycles. The Balaban J connectivity index is 1.73. The summed E-state index contributed by atoms with van der Waals surface area (Å²) in [4.78, 5) is 29.1. The molecule has 2 aliphatic rings. The monoisotopic (exact) mass is 495 g/mol. The lowest BCUT2D eigenvalue weighted by atomic mass is 9.71. The summed E-state index contributed by atoms with van der Waals surface area (Å²) in [7, 11) is 0. The number of carboxylic acid groups (broad SMARTS) is 1. The van der Waals surface area contributed by atoms with Gasteiger partial charge in [-0.25, -0.2) is 0 Å². The number of aliphatic carboxylic acids is 1. The molecule has 0 saturated carbocycles. The van der Waals surface area contributed by atoms with Gasteiger partial charge in [-0.15, -0.1) is 0 Å². The molecule has 3 rings (SSSR count). The normalized spacial score (nSPS) is 26.0. The van der Waals surface area contributed by atoms with Crippen molar-refractivity contribution < 1.29 is 24.9 Å². The van der Waals surface area contributed by atoms with Gasteiger partial charge in [0.25, 0.3) is 0 Å². The van der Waals surface area contributed by atoms with Crippen LogP contribution in [0.5, 0.6) is 0 Å². The van der Waals surface area contributed by atoms with Crippen LogP contribution >= 0.6 is 0 Å². The summed E-state index contributed by atoms with van der Waals surface area (Å²) in [6.07, 6.45) is 5.05. The fraction of sp³-hybridized carbons (Fsp3) is 0.567. The fourth-order valence-electron chi connectivity index (χ4n) is 5.60. The van der Waals surface area contributed by atoms with E-state index in [0.717, 1.165) is 23.4 Å². The van der Waals surface area contributed by atoms with Gasteiger partial charge in [0.1, 0.15) is 5.76 Å². The van der Waals surface area contributed by atoms with Crippen molar-refractivity contribution >= 4 is 23.2 Å². The SMILES string of the molecule is CC1C=C(c2ccccc2)N=C1CC1CC(=O)/C(C(O)C(C)CCCCC(=O)O)=C(/O)CC(C)(C)C1. The Morgan fingerprint density at radius 2 is 1.89 bits per heavy atom. The molecule has 4 atom stereocenters. The molecular formula is C30H41NO5. The highest BCUT2D eigenvalue weighted by Gasteiger charge is 2.37.